The van der Waals surface area contributed by atoms with Gasteiger partial charge in [0.2, 0.25) is 0 Å². The Morgan fingerprint density at radius 1 is 1.33 bits per heavy atom. The lowest BCUT2D eigenvalue weighted by Crippen LogP contribution is -2.47. The smallest absolute Gasteiger partial charge is 0.105 e. The van der Waals surface area contributed by atoms with Gasteiger partial charge in [-0.2, -0.15) is 0 Å². The van der Waals surface area contributed by atoms with E-state index in [1.807, 2.05) is 13.0 Å². The van der Waals surface area contributed by atoms with Gasteiger partial charge < -0.3 is 15.2 Å². The molecule has 1 fully saturated rings. The van der Waals surface area contributed by atoms with Crippen LogP contribution in [-0.4, -0.2) is 30.0 Å². The van der Waals surface area contributed by atoms with Gasteiger partial charge in [-0.3, -0.25) is 0 Å². The largest absolute Gasteiger partial charge is 0.386 e. The average Bonchev–Trinajstić information content (AvgIpc) is 2.75. The lowest BCUT2D eigenvalue weighted by Gasteiger charge is -2.32. The maximum atomic E-state index is 10.7. The fourth-order valence-corrected chi connectivity index (χ4v) is 2.91. The van der Waals surface area contributed by atoms with Gasteiger partial charge in [-0.15, -0.1) is 0 Å². The minimum atomic E-state index is -0.745. The van der Waals surface area contributed by atoms with Crippen molar-refractivity contribution in [1.29, 1.82) is 0 Å². The summed E-state index contributed by atoms with van der Waals surface area (Å²) in [7, 11) is 0. The van der Waals surface area contributed by atoms with Crippen molar-refractivity contribution in [3.05, 3.63) is 35.9 Å². The zero-order chi connectivity index (χ0) is 15.5. The maximum Gasteiger partial charge on any atom is 0.105 e. The first-order valence-electron chi connectivity index (χ1n) is 7.92. The number of aliphatic hydroxyl groups is 1. The van der Waals surface area contributed by atoms with Crippen molar-refractivity contribution in [2.75, 3.05) is 13.2 Å². The molecule has 1 aromatic carbocycles. The second-order valence-electron chi connectivity index (χ2n) is 7.48. The highest BCUT2D eigenvalue weighted by molar-refractivity contribution is 5.19. The summed E-state index contributed by atoms with van der Waals surface area (Å²) in [5.41, 5.74) is 0.765. The van der Waals surface area contributed by atoms with E-state index in [0.717, 1.165) is 6.42 Å². The zero-order valence-corrected chi connectivity index (χ0v) is 13.7. The molecule has 3 nitrogen and oxygen atoms in total. The first-order valence-corrected chi connectivity index (χ1v) is 7.92. The third-order valence-corrected chi connectivity index (χ3v) is 4.33. The fourth-order valence-electron chi connectivity index (χ4n) is 2.91. The summed E-state index contributed by atoms with van der Waals surface area (Å²) in [6, 6.07) is 10.7. The highest BCUT2D eigenvalue weighted by Crippen LogP contribution is 2.31. The summed E-state index contributed by atoms with van der Waals surface area (Å²) >= 11 is 0. The van der Waals surface area contributed by atoms with Crippen molar-refractivity contribution in [2.24, 2.45) is 5.41 Å². The summed E-state index contributed by atoms with van der Waals surface area (Å²) < 4.78 is 5.52. The highest BCUT2D eigenvalue weighted by Gasteiger charge is 2.39. The Hall–Kier alpha value is -0.900. The molecule has 3 unspecified atom stereocenters. The molecule has 0 bridgehead atoms. The Morgan fingerprint density at radius 3 is 2.52 bits per heavy atom. The van der Waals surface area contributed by atoms with E-state index in [0.29, 0.717) is 19.6 Å². The van der Waals surface area contributed by atoms with E-state index in [-0.39, 0.29) is 17.6 Å². The molecule has 1 saturated heterocycles. The average molecular weight is 291 g/mol. The Kier molecular flexibility index (Phi) is 5.07. The monoisotopic (exact) mass is 291 g/mol. The van der Waals surface area contributed by atoms with Crippen LogP contribution in [0.3, 0.4) is 0 Å². The van der Waals surface area contributed by atoms with Gasteiger partial charge in [0.25, 0.3) is 0 Å². The standard InChI is InChI=1S/C18H29NO2/c1-14-18(20,10-11-21-14)13-19-16(12-17(2,3)4)15-8-6-5-7-9-15/h5-9,14,16,19-20H,10-13H2,1-4H3. The Morgan fingerprint density at radius 2 is 2.00 bits per heavy atom. The van der Waals surface area contributed by atoms with Crippen molar-refractivity contribution in [3.63, 3.8) is 0 Å². The van der Waals surface area contributed by atoms with Crippen molar-refractivity contribution in [1.82, 2.24) is 5.32 Å². The molecular weight excluding hydrogens is 262 g/mol. The van der Waals surface area contributed by atoms with Crippen molar-refractivity contribution in [2.45, 2.75) is 58.3 Å². The lowest BCUT2D eigenvalue weighted by molar-refractivity contribution is -0.0283. The van der Waals surface area contributed by atoms with Crippen LogP contribution in [0.2, 0.25) is 0 Å². The van der Waals surface area contributed by atoms with E-state index in [9.17, 15) is 5.11 Å². The zero-order valence-electron chi connectivity index (χ0n) is 13.7. The molecule has 1 aliphatic heterocycles. The SMILES string of the molecule is CC1OCCC1(O)CNC(CC(C)(C)C)c1ccccc1. The van der Waals surface area contributed by atoms with Crippen LogP contribution < -0.4 is 5.32 Å². The minimum absolute atomic E-state index is 0.101. The van der Waals surface area contributed by atoms with Crippen molar-refractivity contribution >= 4 is 0 Å². The van der Waals surface area contributed by atoms with Crippen LogP contribution in [-0.2, 0) is 4.74 Å². The van der Waals surface area contributed by atoms with E-state index in [1.54, 1.807) is 0 Å². The first-order chi connectivity index (χ1) is 9.80. The molecule has 0 aromatic heterocycles. The minimum Gasteiger partial charge on any atom is -0.386 e. The number of hydrogen-bond acceptors (Lipinski definition) is 3. The molecule has 1 heterocycles. The summed E-state index contributed by atoms with van der Waals surface area (Å²) in [4.78, 5) is 0. The van der Waals surface area contributed by atoms with Crippen LogP contribution in [0, 0.1) is 5.41 Å². The number of nitrogens with one attached hydrogen (secondary N) is 1. The second kappa shape index (κ2) is 6.47. The van der Waals surface area contributed by atoms with Crippen molar-refractivity contribution < 1.29 is 9.84 Å². The molecular formula is C18H29NO2. The Labute approximate surface area is 128 Å². The molecule has 118 valence electrons. The van der Waals surface area contributed by atoms with Gasteiger partial charge >= 0.3 is 0 Å². The molecule has 1 aliphatic rings. The van der Waals surface area contributed by atoms with Crippen LogP contribution in [0.25, 0.3) is 0 Å². The van der Waals surface area contributed by atoms with Crippen molar-refractivity contribution in [3.8, 4) is 0 Å². The lowest BCUT2D eigenvalue weighted by atomic mass is 9.85. The second-order valence-corrected chi connectivity index (χ2v) is 7.48. The quantitative estimate of drug-likeness (QED) is 0.874. The molecule has 3 atom stereocenters. The predicted octanol–water partition coefficient (Wildman–Crippen LogP) is 3.29. The molecule has 0 aliphatic carbocycles. The molecule has 0 spiro atoms. The third kappa shape index (κ3) is 4.53. The van der Waals surface area contributed by atoms with Gasteiger partial charge in [-0.25, -0.2) is 0 Å². The summed E-state index contributed by atoms with van der Waals surface area (Å²) in [6.45, 7) is 9.93. The predicted molar refractivity (Wildman–Crippen MR) is 86.2 cm³/mol. The van der Waals surface area contributed by atoms with Gasteiger partial charge in [0, 0.05) is 25.6 Å². The number of hydrogen-bond donors (Lipinski definition) is 2. The van der Waals surface area contributed by atoms with Crippen LogP contribution in [0.15, 0.2) is 30.3 Å². The number of benzene rings is 1. The van der Waals surface area contributed by atoms with E-state index in [1.165, 1.54) is 5.56 Å². The maximum absolute atomic E-state index is 10.7. The molecule has 0 saturated carbocycles. The van der Waals surface area contributed by atoms with Gasteiger partial charge in [0.15, 0.2) is 0 Å². The number of ether oxygens (including phenoxy) is 1. The van der Waals surface area contributed by atoms with Crippen LogP contribution >= 0.6 is 0 Å². The van der Waals surface area contributed by atoms with Gasteiger partial charge in [-0.05, 0) is 24.3 Å². The molecule has 0 amide bonds. The third-order valence-electron chi connectivity index (χ3n) is 4.33. The van der Waals surface area contributed by atoms with E-state index < -0.39 is 5.60 Å². The molecule has 2 N–H and O–H groups in total. The fraction of sp³-hybridized carbons (Fsp3) is 0.667. The van der Waals surface area contributed by atoms with Gasteiger partial charge in [0.1, 0.15) is 5.60 Å². The van der Waals surface area contributed by atoms with E-state index >= 15 is 0 Å². The molecule has 21 heavy (non-hydrogen) atoms. The summed E-state index contributed by atoms with van der Waals surface area (Å²) in [5, 5.41) is 14.2. The van der Waals surface area contributed by atoms with E-state index in [4.69, 9.17) is 4.74 Å². The van der Waals surface area contributed by atoms with E-state index in [2.05, 4.69) is 50.4 Å². The molecule has 1 aromatic rings. The van der Waals surface area contributed by atoms with Crippen LogP contribution in [0.1, 0.15) is 52.1 Å². The highest BCUT2D eigenvalue weighted by atomic mass is 16.5. The topological polar surface area (TPSA) is 41.5 Å². The summed E-state index contributed by atoms with van der Waals surface area (Å²) in [5.74, 6) is 0. The first kappa shape index (κ1) is 16.5. The Bertz CT molecular complexity index is 440. The Balaban J connectivity index is 2.06. The molecule has 3 heteroatoms. The number of rotatable bonds is 5. The molecule has 2 rings (SSSR count). The summed E-state index contributed by atoms with van der Waals surface area (Å²) in [6.07, 6.45) is 1.64. The normalized spacial score (nSPS) is 27.8. The van der Waals surface area contributed by atoms with Gasteiger partial charge in [0.05, 0.1) is 6.10 Å². The molecule has 0 radical (unpaired) electrons. The van der Waals surface area contributed by atoms with Gasteiger partial charge in [-0.1, -0.05) is 51.1 Å². The van der Waals surface area contributed by atoms with Crippen LogP contribution in [0.5, 0.6) is 0 Å². The van der Waals surface area contributed by atoms with Crippen LogP contribution in [0.4, 0.5) is 0 Å².